The Hall–Kier alpha value is -0.680. The van der Waals surface area contributed by atoms with Gasteiger partial charge in [0.15, 0.2) is 0 Å². The SMILES string of the molecule is COc1noc(C)c1C1CSCCN1. The lowest BCUT2D eigenvalue weighted by Crippen LogP contribution is -2.30. The average Bonchev–Trinajstić information content (AvgIpc) is 2.61. The molecule has 0 amide bonds. The molecule has 4 nitrogen and oxygen atoms in total. The molecule has 1 aliphatic heterocycles. The topological polar surface area (TPSA) is 47.3 Å². The van der Waals surface area contributed by atoms with Crippen molar-refractivity contribution in [1.29, 1.82) is 0 Å². The molecule has 0 saturated carbocycles. The molecule has 0 spiro atoms. The third-order valence-corrected chi connectivity index (χ3v) is 3.40. The van der Waals surface area contributed by atoms with E-state index in [-0.39, 0.29) is 0 Å². The molecule has 1 fully saturated rings. The monoisotopic (exact) mass is 214 g/mol. The molecule has 0 radical (unpaired) electrons. The second kappa shape index (κ2) is 4.23. The second-order valence-electron chi connectivity index (χ2n) is 3.24. The fraction of sp³-hybridized carbons (Fsp3) is 0.667. The summed E-state index contributed by atoms with van der Waals surface area (Å²) in [6.07, 6.45) is 0. The summed E-state index contributed by atoms with van der Waals surface area (Å²) < 4.78 is 10.3. The maximum atomic E-state index is 5.17. The van der Waals surface area contributed by atoms with Crippen LogP contribution in [0.3, 0.4) is 0 Å². The lowest BCUT2D eigenvalue weighted by atomic mass is 10.1. The minimum absolute atomic E-state index is 0.315. The minimum atomic E-state index is 0.315. The van der Waals surface area contributed by atoms with Crippen molar-refractivity contribution in [2.24, 2.45) is 0 Å². The quantitative estimate of drug-likeness (QED) is 0.805. The van der Waals surface area contributed by atoms with Crippen molar-refractivity contribution in [3.05, 3.63) is 11.3 Å². The van der Waals surface area contributed by atoms with Gasteiger partial charge in [0.2, 0.25) is 0 Å². The third kappa shape index (κ3) is 1.74. The smallest absolute Gasteiger partial charge is 0.258 e. The van der Waals surface area contributed by atoms with Crippen LogP contribution in [0.5, 0.6) is 5.88 Å². The van der Waals surface area contributed by atoms with Gasteiger partial charge in [-0.05, 0) is 12.1 Å². The predicted molar refractivity (Wildman–Crippen MR) is 55.9 cm³/mol. The molecule has 1 aliphatic rings. The highest BCUT2D eigenvalue weighted by Crippen LogP contribution is 2.31. The number of nitrogens with one attached hydrogen (secondary N) is 1. The van der Waals surface area contributed by atoms with E-state index in [1.165, 1.54) is 5.75 Å². The molecule has 1 aromatic rings. The summed E-state index contributed by atoms with van der Waals surface area (Å²) in [4.78, 5) is 0. The lowest BCUT2D eigenvalue weighted by molar-refractivity contribution is 0.331. The first-order valence-electron chi connectivity index (χ1n) is 4.64. The summed E-state index contributed by atoms with van der Waals surface area (Å²) in [5.74, 6) is 3.69. The Morgan fingerprint density at radius 2 is 2.50 bits per heavy atom. The number of hydrogen-bond donors (Lipinski definition) is 1. The first-order valence-corrected chi connectivity index (χ1v) is 5.79. The molecule has 78 valence electrons. The first-order chi connectivity index (χ1) is 6.83. The summed E-state index contributed by atoms with van der Waals surface area (Å²) in [5, 5.41) is 7.30. The van der Waals surface area contributed by atoms with Crippen molar-refractivity contribution < 1.29 is 9.26 Å². The van der Waals surface area contributed by atoms with Crippen LogP contribution >= 0.6 is 11.8 Å². The zero-order chi connectivity index (χ0) is 9.97. The lowest BCUT2D eigenvalue weighted by Gasteiger charge is -2.22. The van der Waals surface area contributed by atoms with Crippen molar-refractivity contribution in [2.75, 3.05) is 25.2 Å². The van der Waals surface area contributed by atoms with Crippen molar-refractivity contribution >= 4 is 11.8 Å². The fourth-order valence-electron chi connectivity index (χ4n) is 1.65. The Balaban J connectivity index is 2.23. The molecule has 1 aromatic heterocycles. The molecule has 0 bridgehead atoms. The number of aryl methyl sites for hydroxylation is 1. The highest BCUT2D eigenvalue weighted by molar-refractivity contribution is 7.99. The first kappa shape index (κ1) is 9.86. The van der Waals surface area contributed by atoms with E-state index in [1.807, 2.05) is 18.7 Å². The molecule has 14 heavy (non-hydrogen) atoms. The normalized spacial score (nSPS) is 22.3. The molecule has 1 atom stereocenters. The highest BCUT2D eigenvalue weighted by Gasteiger charge is 2.24. The van der Waals surface area contributed by atoms with Gasteiger partial charge in [0.05, 0.1) is 18.7 Å². The predicted octanol–water partition coefficient (Wildman–Crippen LogP) is 1.37. The molecule has 2 rings (SSSR count). The zero-order valence-corrected chi connectivity index (χ0v) is 9.19. The van der Waals surface area contributed by atoms with Gasteiger partial charge in [0.25, 0.3) is 5.88 Å². The number of nitrogens with zero attached hydrogens (tertiary/aromatic N) is 1. The Labute approximate surface area is 87.4 Å². The van der Waals surface area contributed by atoms with E-state index in [9.17, 15) is 0 Å². The second-order valence-corrected chi connectivity index (χ2v) is 4.39. The Kier molecular flexibility index (Phi) is 2.98. The molecule has 0 aliphatic carbocycles. The van der Waals surface area contributed by atoms with Crippen LogP contribution in [0.2, 0.25) is 0 Å². The number of ether oxygens (including phenoxy) is 1. The van der Waals surface area contributed by atoms with Crippen LogP contribution in [-0.2, 0) is 0 Å². The van der Waals surface area contributed by atoms with Crippen molar-refractivity contribution in [2.45, 2.75) is 13.0 Å². The van der Waals surface area contributed by atoms with Gasteiger partial charge in [-0.25, -0.2) is 0 Å². The highest BCUT2D eigenvalue weighted by atomic mass is 32.2. The van der Waals surface area contributed by atoms with Gasteiger partial charge >= 0.3 is 0 Å². The summed E-state index contributed by atoms with van der Waals surface area (Å²) in [6.45, 7) is 2.95. The summed E-state index contributed by atoms with van der Waals surface area (Å²) in [7, 11) is 1.62. The van der Waals surface area contributed by atoms with Crippen LogP contribution in [0.15, 0.2) is 4.52 Å². The molecular weight excluding hydrogens is 200 g/mol. The largest absolute Gasteiger partial charge is 0.479 e. The minimum Gasteiger partial charge on any atom is -0.479 e. The number of methoxy groups -OCH3 is 1. The summed E-state index contributed by atoms with van der Waals surface area (Å²) in [5.41, 5.74) is 1.07. The van der Waals surface area contributed by atoms with E-state index in [2.05, 4.69) is 10.5 Å². The fourth-order valence-corrected chi connectivity index (χ4v) is 2.60. The summed E-state index contributed by atoms with van der Waals surface area (Å²) >= 11 is 1.94. The van der Waals surface area contributed by atoms with Crippen LogP contribution in [0, 0.1) is 6.92 Å². The number of thioether (sulfide) groups is 1. The van der Waals surface area contributed by atoms with E-state index >= 15 is 0 Å². The van der Waals surface area contributed by atoms with Crippen LogP contribution < -0.4 is 10.1 Å². The van der Waals surface area contributed by atoms with E-state index in [0.29, 0.717) is 11.9 Å². The maximum Gasteiger partial charge on any atom is 0.258 e. The average molecular weight is 214 g/mol. The number of aromatic nitrogens is 1. The van der Waals surface area contributed by atoms with E-state index < -0.39 is 0 Å². The Bertz CT molecular complexity index is 308. The van der Waals surface area contributed by atoms with Crippen LogP contribution in [-0.4, -0.2) is 30.3 Å². The van der Waals surface area contributed by atoms with Gasteiger partial charge in [-0.2, -0.15) is 11.8 Å². The molecule has 0 aromatic carbocycles. The van der Waals surface area contributed by atoms with E-state index in [1.54, 1.807) is 7.11 Å². The molecule has 1 saturated heterocycles. The summed E-state index contributed by atoms with van der Waals surface area (Å²) in [6, 6.07) is 0.315. The standard InChI is InChI=1S/C9H14N2O2S/c1-6-8(9(12-2)11-13-6)7-5-14-4-3-10-7/h7,10H,3-5H2,1-2H3. The maximum absolute atomic E-state index is 5.17. The Morgan fingerprint density at radius 3 is 3.14 bits per heavy atom. The van der Waals surface area contributed by atoms with Gasteiger partial charge in [-0.3, -0.25) is 0 Å². The third-order valence-electron chi connectivity index (χ3n) is 2.34. The van der Waals surface area contributed by atoms with Crippen LogP contribution in [0.1, 0.15) is 17.4 Å². The van der Waals surface area contributed by atoms with Gasteiger partial charge in [-0.15, -0.1) is 0 Å². The van der Waals surface area contributed by atoms with Gasteiger partial charge in [-0.1, -0.05) is 0 Å². The van der Waals surface area contributed by atoms with Gasteiger partial charge in [0.1, 0.15) is 5.76 Å². The van der Waals surface area contributed by atoms with Crippen LogP contribution in [0.25, 0.3) is 0 Å². The molecule has 1 N–H and O–H groups in total. The molecule has 5 heteroatoms. The van der Waals surface area contributed by atoms with Crippen LogP contribution in [0.4, 0.5) is 0 Å². The number of rotatable bonds is 2. The van der Waals surface area contributed by atoms with Gasteiger partial charge in [0, 0.05) is 18.1 Å². The van der Waals surface area contributed by atoms with Crippen molar-refractivity contribution in [1.82, 2.24) is 10.5 Å². The van der Waals surface area contributed by atoms with Crippen molar-refractivity contribution in [3.8, 4) is 5.88 Å². The Morgan fingerprint density at radius 1 is 1.64 bits per heavy atom. The molecule has 2 heterocycles. The molecule has 1 unspecified atom stereocenters. The van der Waals surface area contributed by atoms with E-state index in [0.717, 1.165) is 23.6 Å². The zero-order valence-electron chi connectivity index (χ0n) is 8.37. The van der Waals surface area contributed by atoms with Gasteiger partial charge < -0.3 is 14.6 Å². The van der Waals surface area contributed by atoms with E-state index in [4.69, 9.17) is 9.26 Å². The van der Waals surface area contributed by atoms with Crippen molar-refractivity contribution in [3.63, 3.8) is 0 Å². The number of hydrogen-bond acceptors (Lipinski definition) is 5. The molecular formula is C9H14N2O2S.